The summed E-state index contributed by atoms with van der Waals surface area (Å²) in [5, 5.41) is 0. The summed E-state index contributed by atoms with van der Waals surface area (Å²) in [6.07, 6.45) is 0. The lowest BCUT2D eigenvalue weighted by Gasteiger charge is -2.01. The summed E-state index contributed by atoms with van der Waals surface area (Å²) in [6.45, 7) is 9.31. The molecule has 0 radical (unpaired) electrons. The monoisotopic (exact) mass is 147 g/mol. The van der Waals surface area contributed by atoms with Gasteiger partial charge >= 0.3 is 0 Å². The van der Waals surface area contributed by atoms with E-state index < -0.39 is 8.07 Å². The van der Waals surface area contributed by atoms with Crippen LogP contribution >= 0.6 is 0 Å². The third-order valence-electron chi connectivity index (χ3n) is 0. The lowest BCUT2D eigenvalue weighted by molar-refractivity contribution is 0.505. The molecule has 9 heavy (non-hydrogen) atoms. The predicted molar refractivity (Wildman–Crippen MR) is 48.8 cm³/mol. The Morgan fingerprint density at radius 2 is 0.778 bits per heavy atom. The largest absolute Gasteiger partial charge is 0.312 e. The predicted octanol–water partition coefficient (Wildman–Crippen LogP) is 2.13. The van der Waals surface area contributed by atoms with Crippen molar-refractivity contribution >= 4 is 8.07 Å². The van der Waals surface area contributed by atoms with Gasteiger partial charge in [0.2, 0.25) is 0 Å². The Kier molecular flexibility index (Phi) is 6.62. The van der Waals surface area contributed by atoms with Gasteiger partial charge in [0.1, 0.15) is 0 Å². The molecule has 0 unspecified atom stereocenters. The fraction of sp³-hybridized carbons (Fsp3) is 1.00. The first kappa shape index (κ1) is 11.9. The van der Waals surface area contributed by atoms with E-state index in [1.54, 1.807) is 0 Å². The van der Waals surface area contributed by atoms with E-state index in [9.17, 15) is 0 Å². The highest BCUT2D eigenvalue weighted by Gasteiger charge is 1.99. The summed E-state index contributed by atoms with van der Waals surface area (Å²) in [6, 6.07) is 0. The molecule has 58 valence electrons. The zero-order valence-electron chi connectivity index (χ0n) is 7.95. The molecule has 0 N–H and O–H groups in total. The fourth-order valence-corrected chi connectivity index (χ4v) is 0. The maximum Gasteiger partial charge on any atom is 0.0411 e. The van der Waals surface area contributed by atoms with Crippen molar-refractivity contribution in [3.63, 3.8) is 0 Å². The molecular weight excluding hydrogens is 126 g/mol. The van der Waals surface area contributed by atoms with Crippen molar-refractivity contribution < 1.29 is 0 Å². The van der Waals surface area contributed by atoms with Crippen LogP contribution in [0.4, 0.5) is 0 Å². The van der Waals surface area contributed by atoms with Crippen LogP contribution in [0.15, 0.2) is 0 Å². The minimum atomic E-state index is -0.611. The van der Waals surface area contributed by atoms with Gasteiger partial charge in [-0.25, -0.2) is 0 Å². The highest BCUT2D eigenvalue weighted by Crippen LogP contribution is 1.94. The van der Waals surface area contributed by atoms with Crippen molar-refractivity contribution in [3.8, 4) is 0 Å². The van der Waals surface area contributed by atoms with E-state index in [2.05, 4.69) is 26.2 Å². The molecule has 0 saturated heterocycles. The van der Waals surface area contributed by atoms with Gasteiger partial charge in [-0.2, -0.15) is 0 Å². The Labute approximate surface area is 61.1 Å². The highest BCUT2D eigenvalue weighted by molar-refractivity contribution is 6.74. The van der Waals surface area contributed by atoms with Crippen molar-refractivity contribution in [1.82, 2.24) is 4.90 Å². The second-order valence-corrected chi connectivity index (χ2v) is 10.3. The number of hydrogen-bond donors (Lipinski definition) is 0. The summed E-state index contributed by atoms with van der Waals surface area (Å²) >= 11 is 0. The minimum absolute atomic E-state index is 0.611. The molecule has 0 aliphatic heterocycles. The summed E-state index contributed by atoms with van der Waals surface area (Å²) < 4.78 is 0. The first-order valence-corrected chi connectivity index (χ1v) is 7.34. The zero-order chi connectivity index (χ0) is 8.08. The highest BCUT2D eigenvalue weighted by atomic mass is 28.3. The third-order valence-corrected chi connectivity index (χ3v) is 0. The molecule has 0 spiro atoms. The Morgan fingerprint density at radius 3 is 0.778 bits per heavy atom. The van der Waals surface area contributed by atoms with Gasteiger partial charge in [-0.05, 0) is 21.1 Å². The van der Waals surface area contributed by atoms with Gasteiger partial charge in [0.05, 0.1) is 0 Å². The van der Waals surface area contributed by atoms with Crippen molar-refractivity contribution in [2.45, 2.75) is 26.2 Å². The molecule has 0 aromatic carbocycles. The standard InChI is InChI=1S/C4H12Si.C3H9N/c1-5(2,3)4;1-4(2)3/h1-4H3;1-3H3. The van der Waals surface area contributed by atoms with Crippen molar-refractivity contribution in [2.24, 2.45) is 0 Å². The van der Waals surface area contributed by atoms with Gasteiger partial charge in [0, 0.05) is 8.07 Å². The van der Waals surface area contributed by atoms with Crippen molar-refractivity contribution in [2.75, 3.05) is 21.1 Å². The third kappa shape index (κ3) is 9970. The lowest BCUT2D eigenvalue weighted by Crippen LogP contribution is -2.10. The molecule has 0 saturated carbocycles. The van der Waals surface area contributed by atoms with Gasteiger partial charge < -0.3 is 4.90 Å². The average molecular weight is 147 g/mol. The van der Waals surface area contributed by atoms with E-state index in [1.165, 1.54) is 0 Å². The van der Waals surface area contributed by atoms with Crippen LogP contribution < -0.4 is 0 Å². The van der Waals surface area contributed by atoms with Crippen LogP contribution in [-0.2, 0) is 0 Å². The molecule has 0 rings (SSSR count). The van der Waals surface area contributed by atoms with E-state index in [-0.39, 0.29) is 0 Å². The van der Waals surface area contributed by atoms with Gasteiger partial charge in [-0.15, -0.1) is 0 Å². The SMILES string of the molecule is CN(C)C.C[Si](C)(C)C. The smallest absolute Gasteiger partial charge is 0.0411 e. The number of rotatable bonds is 0. The Morgan fingerprint density at radius 1 is 0.778 bits per heavy atom. The van der Waals surface area contributed by atoms with E-state index in [1.807, 2.05) is 26.0 Å². The van der Waals surface area contributed by atoms with Gasteiger partial charge in [-0.3, -0.25) is 0 Å². The molecular formula is C7H21NSi. The first-order chi connectivity index (χ1) is 3.73. The van der Waals surface area contributed by atoms with E-state index >= 15 is 0 Å². The van der Waals surface area contributed by atoms with Gasteiger partial charge in [0.25, 0.3) is 0 Å². The van der Waals surface area contributed by atoms with Crippen LogP contribution in [0, 0.1) is 0 Å². The maximum absolute atomic E-state index is 2.33. The molecule has 0 aromatic rings. The van der Waals surface area contributed by atoms with Crippen LogP contribution in [0.5, 0.6) is 0 Å². The molecule has 0 atom stereocenters. The Balaban J connectivity index is 0. The van der Waals surface area contributed by atoms with Gasteiger partial charge in [0.15, 0.2) is 0 Å². The van der Waals surface area contributed by atoms with E-state index in [4.69, 9.17) is 0 Å². The van der Waals surface area contributed by atoms with Crippen LogP contribution in [0.1, 0.15) is 0 Å². The van der Waals surface area contributed by atoms with Crippen LogP contribution in [0.25, 0.3) is 0 Å². The Hall–Kier alpha value is 0.177. The van der Waals surface area contributed by atoms with Crippen molar-refractivity contribution in [1.29, 1.82) is 0 Å². The molecule has 0 heterocycles. The Bertz CT molecular complexity index is 45.7. The van der Waals surface area contributed by atoms with Crippen LogP contribution in [-0.4, -0.2) is 34.1 Å². The van der Waals surface area contributed by atoms with E-state index in [0.29, 0.717) is 0 Å². The van der Waals surface area contributed by atoms with Crippen LogP contribution in [0.3, 0.4) is 0 Å². The minimum Gasteiger partial charge on any atom is -0.312 e. The van der Waals surface area contributed by atoms with Crippen molar-refractivity contribution in [3.05, 3.63) is 0 Å². The average Bonchev–Trinajstić information content (AvgIpc) is 1.19. The summed E-state index contributed by atoms with van der Waals surface area (Å²) in [4.78, 5) is 2.00. The van der Waals surface area contributed by atoms with Gasteiger partial charge in [-0.1, -0.05) is 26.2 Å². The maximum atomic E-state index is 2.33. The molecule has 0 aliphatic rings. The topological polar surface area (TPSA) is 3.24 Å². The molecule has 1 nitrogen and oxygen atoms in total. The summed E-state index contributed by atoms with van der Waals surface area (Å²) in [5.74, 6) is 0. The second-order valence-electron chi connectivity index (χ2n) is 4.34. The quantitative estimate of drug-likeness (QED) is 0.474. The fourth-order valence-electron chi connectivity index (χ4n) is 0. The molecule has 0 aromatic heterocycles. The van der Waals surface area contributed by atoms with Crippen LogP contribution in [0.2, 0.25) is 26.2 Å². The lowest BCUT2D eigenvalue weighted by atomic mass is 11.0. The molecule has 2 heteroatoms. The normalized spacial score (nSPS) is 10.7. The second kappa shape index (κ2) is 5.00. The molecule has 0 bridgehead atoms. The van der Waals surface area contributed by atoms with E-state index in [0.717, 1.165) is 0 Å². The molecule has 0 aliphatic carbocycles. The summed E-state index contributed by atoms with van der Waals surface area (Å²) in [7, 11) is 5.39. The zero-order valence-corrected chi connectivity index (χ0v) is 8.95. The summed E-state index contributed by atoms with van der Waals surface area (Å²) in [5.41, 5.74) is 0. The molecule has 0 fully saturated rings. The first-order valence-electron chi connectivity index (χ1n) is 3.34. The number of hydrogen-bond acceptors (Lipinski definition) is 1. The molecule has 0 amide bonds. The number of nitrogens with zero attached hydrogens (tertiary/aromatic N) is 1.